The number of hydrogen-bond donors (Lipinski definition) is 1. The molecule has 0 aromatic heterocycles. The summed E-state index contributed by atoms with van der Waals surface area (Å²) in [7, 11) is 3.76. The van der Waals surface area contributed by atoms with Gasteiger partial charge < -0.3 is 14.7 Å². The first-order valence-electron chi connectivity index (χ1n) is 5.88. The van der Waals surface area contributed by atoms with Gasteiger partial charge in [0.2, 0.25) is 0 Å². The fourth-order valence-corrected chi connectivity index (χ4v) is 1.64. The second kappa shape index (κ2) is 8.42. The largest absolute Gasteiger partial charge is 0.462 e. The van der Waals surface area contributed by atoms with E-state index < -0.39 is 0 Å². The molecule has 0 aliphatic carbocycles. The SMILES string of the molecule is CC(=O)OC(CCCC(C)O)CC(=S)N(C)C. The van der Waals surface area contributed by atoms with Crippen LogP contribution in [0.5, 0.6) is 0 Å². The van der Waals surface area contributed by atoms with Crippen molar-refractivity contribution in [2.24, 2.45) is 0 Å². The molecule has 0 aliphatic rings. The fraction of sp³-hybridized carbons (Fsp3) is 0.833. The molecule has 0 fully saturated rings. The Morgan fingerprint density at radius 2 is 2.00 bits per heavy atom. The number of aliphatic hydroxyl groups excluding tert-OH is 1. The number of aliphatic hydroxyl groups is 1. The number of hydrogen-bond acceptors (Lipinski definition) is 4. The number of ether oxygens (including phenoxy) is 1. The van der Waals surface area contributed by atoms with Crippen LogP contribution in [0.2, 0.25) is 0 Å². The van der Waals surface area contributed by atoms with Gasteiger partial charge in [0.25, 0.3) is 0 Å². The molecular weight excluding hydrogens is 238 g/mol. The molecule has 0 rings (SSSR count). The lowest BCUT2D eigenvalue weighted by molar-refractivity contribution is -0.146. The van der Waals surface area contributed by atoms with Crippen molar-refractivity contribution in [2.75, 3.05) is 14.1 Å². The lowest BCUT2D eigenvalue weighted by Gasteiger charge is -2.21. The van der Waals surface area contributed by atoms with Crippen LogP contribution in [0.1, 0.15) is 39.5 Å². The Labute approximate surface area is 109 Å². The van der Waals surface area contributed by atoms with Crippen molar-refractivity contribution in [3.63, 3.8) is 0 Å². The summed E-state index contributed by atoms with van der Waals surface area (Å²) in [5.41, 5.74) is 0. The van der Waals surface area contributed by atoms with E-state index in [1.54, 1.807) is 6.92 Å². The fourth-order valence-electron chi connectivity index (χ4n) is 1.46. The van der Waals surface area contributed by atoms with Gasteiger partial charge in [-0.3, -0.25) is 4.79 Å². The van der Waals surface area contributed by atoms with Crippen molar-refractivity contribution < 1.29 is 14.6 Å². The molecule has 5 heteroatoms. The van der Waals surface area contributed by atoms with Gasteiger partial charge in [-0.05, 0) is 26.2 Å². The molecule has 2 unspecified atom stereocenters. The van der Waals surface area contributed by atoms with Crippen LogP contribution in [0, 0.1) is 0 Å². The van der Waals surface area contributed by atoms with Gasteiger partial charge >= 0.3 is 5.97 Å². The zero-order valence-corrected chi connectivity index (χ0v) is 11.9. The molecule has 2 atom stereocenters. The summed E-state index contributed by atoms with van der Waals surface area (Å²) in [4.78, 5) is 13.6. The number of carbonyl (C=O) groups is 1. The molecule has 0 saturated heterocycles. The van der Waals surface area contributed by atoms with Gasteiger partial charge in [-0.15, -0.1) is 0 Å². The van der Waals surface area contributed by atoms with Crippen LogP contribution in [0.15, 0.2) is 0 Å². The minimum atomic E-state index is -0.311. The molecule has 0 saturated carbocycles. The van der Waals surface area contributed by atoms with E-state index in [2.05, 4.69) is 0 Å². The average Bonchev–Trinajstić information content (AvgIpc) is 2.15. The highest BCUT2D eigenvalue weighted by Crippen LogP contribution is 2.12. The molecule has 0 aromatic carbocycles. The van der Waals surface area contributed by atoms with Gasteiger partial charge in [-0.2, -0.15) is 0 Å². The van der Waals surface area contributed by atoms with Crippen molar-refractivity contribution >= 4 is 23.2 Å². The van der Waals surface area contributed by atoms with Gasteiger partial charge in [0.1, 0.15) is 6.10 Å². The van der Waals surface area contributed by atoms with Crippen molar-refractivity contribution in [3.8, 4) is 0 Å². The lowest BCUT2D eigenvalue weighted by Crippen LogP contribution is -2.27. The molecule has 0 spiro atoms. The highest BCUT2D eigenvalue weighted by Gasteiger charge is 2.15. The van der Waals surface area contributed by atoms with E-state index in [9.17, 15) is 9.90 Å². The predicted octanol–water partition coefficient (Wildman–Crippen LogP) is 1.75. The van der Waals surface area contributed by atoms with Gasteiger partial charge in [0.05, 0.1) is 11.1 Å². The number of carbonyl (C=O) groups excluding carboxylic acids is 1. The summed E-state index contributed by atoms with van der Waals surface area (Å²) in [6.07, 6.45) is 2.35. The van der Waals surface area contributed by atoms with Crippen LogP contribution in [-0.2, 0) is 9.53 Å². The number of nitrogens with zero attached hydrogens (tertiary/aromatic N) is 1. The highest BCUT2D eigenvalue weighted by molar-refractivity contribution is 7.80. The second-order valence-electron chi connectivity index (χ2n) is 4.50. The maximum absolute atomic E-state index is 11.0. The Morgan fingerprint density at radius 1 is 1.41 bits per heavy atom. The average molecular weight is 261 g/mol. The van der Waals surface area contributed by atoms with E-state index in [4.69, 9.17) is 17.0 Å². The highest BCUT2D eigenvalue weighted by atomic mass is 32.1. The topological polar surface area (TPSA) is 49.8 Å². The molecule has 100 valence electrons. The minimum absolute atomic E-state index is 0.179. The van der Waals surface area contributed by atoms with Crippen molar-refractivity contribution in [3.05, 3.63) is 0 Å². The first-order chi connectivity index (χ1) is 7.82. The van der Waals surface area contributed by atoms with Gasteiger partial charge in [-0.25, -0.2) is 0 Å². The zero-order valence-electron chi connectivity index (χ0n) is 11.1. The lowest BCUT2D eigenvalue weighted by atomic mass is 10.1. The molecular formula is C12H23NO3S. The van der Waals surface area contributed by atoms with Crippen LogP contribution in [-0.4, -0.2) is 47.3 Å². The van der Waals surface area contributed by atoms with Crippen LogP contribution < -0.4 is 0 Å². The van der Waals surface area contributed by atoms with Crippen LogP contribution >= 0.6 is 12.2 Å². The summed E-state index contributed by atoms with van der Waals surface area (Å²) >= 11 is 5.19. The summed E-state index contributed by atoms with van der Waals surface area (Å²) in [6.45, 7) is 3.16. The molecule has 0 heterocycles. The van der Waals surface area contributed by atoms with E-state index in [1.807, 2.05) is 19.0 Å². The van der Waals surface area contributed by atoms with Gasteiger partial charge in [-0.1, -0.05) is 12.2 Å². The second-order valence-corrected chi connectivity index (χ2v) is 4.97. The Morgan fingerprint density at radius 3 is 2.41 bits per heavy atom. The van der Waals surface area contributed by atoms with E-state index in [1.165, 1.54) is 6.92 Å². The normalized spacial score (nSPS) is 13.9. The maximum Gasteiger partial charge on any atom is 0.302 e. The minimum Gasteiger partial charge on any atom is -0.462 e. The van der Waals surface area contributed by atoms with Crippen LogP contribution in [0.3, 0.4) is 0 Å². The Kier molecular flexibility index (Phi) is 8.08. The van der Waals surface area contributed by atoms with Crippen LogP contribution in [0.25, 0.3) is 0 Å². The first kappa shape index (κ1) is 16.3. The third-order valence-corrected chi connectivity index (χ3v) is 2.91. The predicted molar refractivity (Wildman–Crippen MR) is 72.0 cm³/mol. The smallest absolute Gasteiger partial charge is 0.302 e. The van der Waals surface area contributed by atoms with E-state index >= 15 is 0 Å². The third-order valence-electron chi connectivity index (χ3n) is 2.38. The van der Waals surface area contributed by atoms with E-state index in [-0.39, 0.29) is 18.2 Å². The van der Waals surface area contributed by atoms with Gasteiger partial charge in [0, 0.05) is 27.4 Å². The molecule has 0 aromatic rings. The van der Waals surface area contributed by atoms with Crippen molar-refractivity contribution in [1.29, 1.82) is 0 Å². The molecule has 0 bridgehead atoms. The monoisotopic (exact) mass is 261 g/mol. The molecule has 1 N–H and O–H groups in total. The summed E-state index contributed by atoms with van der Waals surface area (Å²) < 4.78 is 5.22. The standard InChI is InChI=1S/C12H23NO3S/c1-9(14)6-5-7-11(16-10(2)15)8-12(17)13(3)4/h9,11,14H,5-8H2,1-4H3. The summed E-state index contributed by atoms with van der Waals surface area (Å²) in [5, 5.41) is 9.18. The Balaban J connectivity index is 4.14. The number of thiocarbonyl (C=S) groups is 1. The number of esters is 1. The third kappa shape index (κ3) is 9.06. The first-order valence-corrected chi connectivity index (χ1v) is 6.29. The Hall–Kier alpha value is -0.680. The molecule has 0 amide bonds. The van der Waals surface area contributed by atoms with E-state index in [0.717, 1.165) is 17.8 Å². The Bertz CT molecular complexity index is 254. The molecule has 0 aliphatic heterocycles. The molecule has 4 nitrogen and oxygen atoms in total. The quantitative estimate of drug-likeness (QED) is 0.559. The summed E-state index contributed by atoms with van der Waals surface area (Å²) in [5.74, 6) is -0.284. The van der Waals surface area contributed by atoms with Crippen molar-refractivity contribution in [1.82, 2.24) is 4.90 Å². The van der Waals surface area contributed by atoms with Crippen molar-refractivity contribution in [2.45, 2.75) is 51.7 Å². The van der Waals surface area contributed by atoms with Gasteiger partial charge in [0.15, 0.2) is 0 Å². The molecule has 0 radical (unpaired) electrons. The van der Waals surface area contributed by atoms with Crippen LogP contribution in [0.4, 0.5) is 0 Å². The molecule has 17 heavy (non-hydrogen) atoms. The van der Waals surface area contributed by atoms with E-state index in [0.29, 0.717) is 12.8 Å². The zero-order chi connectivity index (χ0) is 13.4. The number of rotatable bonds is 7. The summed E-state index contributed by atoms with van der Waals surface area (Å²) in [6, 6.07) is 0. The maximum atomic E-state index is 11.0.